The van der Waals surface area contributed by atoms with Crippen LogP contribution in [-0.4, -0.2) is 46.2 Å². The fourth-order valence-electron chi connectivity index (χ4n) is 2.47. The average molecular weight is 306 g/mol. The first-order chi connectivity index (χ1) is 10.4. The van der Waals surface area contributed by atoms with Crippen LogP contribution in [0.25, 0.3) is 0 Å². The minimum absolute atomic E-state index is 0.195. The van der Waals surface area contributed by atoms with Gasteiger partial charge in [0, 0.05) is 25.8 Å². The minimum Gasteiger partial charge on any atom is -0.444 e. The van der Waals surface area contributed by atoms with Crippen LogP contribution in [0.4, 0.5) is 4.79 Å². The molecule has 6 heteroatoms. The van der Waals surface area contributed by atoms with Gasteiger partial charge in [-0.3, -0.25) is 0 Å². The Bertz CT molecular complexity index is 465. The summed E-state index contributed by atoms with van der Waals surface area (Å²) in [5.74, 6) is 0.598. The number of hydrogen-bond donors (Lipinski definition) is 1. The Morgan fingerprint density at radius 3 is 2.73 bits per heavy atom. The Labute approximate surface area is 132 Å². The first-order valence-corrected chi connectivity index (χ1v) is 7.87. The largest absolute Gasteiger partial charge is 0.444 e. The van der Waals surface area contributed by atoms with E-state index in [1.807, 2.05) is 31.7 Å². The van der Waals surface area contributed by atoms with Gasteiger partial charge in [-0.25, -0.2) is 14.8 Å². The number of carbonyl (C=O) groups excluding carboxylic acids is 1. The van der Waals surface area contributed by atoms with Crippen molar-refractivity contribution in [1.29, 1.82) is 0 Å². The van der Waals surface area contributed by atoms with E-state index in [4.69, 9.17) is 4.74 Å². The Balaban J connectivity index is 1.66. The van der Waals surface area contributed by atoms with E-state index in [1.165, 1.54) is 0 Å². The van der Waals surface area contributed by atoms with Crippen LogP contribution in [0.15, 0.2) is 18.6 Å². The number of nitrogens with zero attached hydrogens (tertiary/aromatic N) is 3. The van der Waals surface area contributed by atoms with Crippen molar-refractivity contribution in [2.75, 3.05) is 19.6 Å². The summed E-state index contributed by atoms with van der Waals surface area (Å²) in [6, 6.07) is 1.91. The molecule has 1 fully saturated rings. The van der Waals surface area contributed by atoms with Crippen LogP contribution in [0, 0.1) is 5.92 Å². The molecule has 0 saturated carbocycles. The van der Waals surface area contributed by atoms with E-state index in [0.29, 0.717) is 5.92 Å². The molecule has 0 atom stereocenters. The van der Waals surface area contributed by atoms with Crippen molar-refractivity contribution in [3.05, 3.63) is 24.3 Å². The second kappa shape index (κ2) is 7.54. The van der Waals surface area contributed by atoms with E-state index in [9.17, 15) is 4.79 Å². The van der Waals surface area contributed by atoms with Crippen LogP contribution in [0.5, 0.6) is 0 Å². The fourth-order valence-corrected chi connectivity index (χ4v) is 2.47. The number of rotatable bonds is 4. The number of ether oxygens (including phenoxy) is 1. The molecular weight excluding hydrogens is 280 g/mol. The highest BCUT2D eigenvalue weighted by Gasteiger charge is 2.26. The van der Waals surface area contributed by atoms with Gasteiger partial charge in [0.15, 0.2) is 0 Å². The van der Waals surface area contributed by atoms with Crippen molar-refractivity contribution >= 4 is 6.09 Å². The van der Waals surface area contributed by atoms with Crippen molar-refractivity contribution in [1.82, 2.24) is 20.2 Å². The van der Waals surface area contributed by atoms with Crippen LogP contribution in [0.3, 0.4) is 0 Å². The van der Waals surface area contributed by atoms with Crippen molar-refractivity contribution in [2.24, 2.45) is 5.92 Å². The zero-order valence-electron chi connectivity index (χ0n) is 13.7. The van der Waals surface area contributed by atoms with Gasteiger partial charge in [-0.15, -0.1) is 0 Å². The minimum atomic E-state index is -0.424. The van der Waals surface area contributed by atoms with Gasteiger partial charge in [-0.1, -0.05) is 0 Å². The second-order valence-electron chi connectivity index (χ2n) is 6.74. The van der Waals surface area contributed by atoms with Crippen LogP contribution >= 0.6 is 0 Å². The van der Waals surface area contributed by atoms with Gasteiger partial charge in [-0.05, 0) is 52.1 Å². The Kier molecular flexibility index (Phi) is 5.71. The molecule has 1 N–H and O–H groups in total. The third-order valence-corrected chi connectivity index (χ3v) is 3.65. The third-order valence-electron chi connectivity index (χ3n) is 3.65. The maximum atomic E-state index is 12.0. The van der Waals surface area contributed by atoms with E-state index in [0.717, 1.165) is 44.7 Å². The van der Waals surface area contributed by atoms with Crippen LogP contribution in [0.1, 0.15) is 39.3 Å². The number of likely N-dealkylation sites (tertiary alicyclic amines) is 1. The van der Waals surface area contributed by atoms with Crippen LogP contribution < -0.4 is 5.32 Å². The maximum Gasteiger partial charge on any atom is 0.410 e. The van der Waals surface area contributed by atoms with Gasteiger partial charge in [-0.2, -0.15) is 0 Å². The SMILES string of the molecule is CC(C)(C)OC(=O)N1CCC(CNCc2ccncn2)CC1. The molecule has 1 saturated heterocycles. The summed E-state index contributed by atoms with van der Waals surface area (Å²) in [4.78, 5) is 21.9. The molecule has 0 spiro atoms. The lowest BCUT2D eigenvalue weighted by atomic mass is 9.97. The van der Waals surface area contributed by atoms with Gasteiger partial charge >= 0.3 is 6.09 Å². The molecule has 0 bridgehead atoms. The second-order valence-corrected chi connectivity index (χ2v) is 6.74. The molecule has 1 aromatic heterocycles. The first kappa shape index (κ1) is 16.7. The molecule has 2 heterocycles. The summed E-state index contributed by atoms with van der Waals surface area (Å²) in [5.41, 5.74) is 0.578. The molecule has 1 amide bonds. The Morgan fingerprint density at radius 1 is 1.41 bits per heavy atom. The predicted molar refractivity (Wildman–Crippen MR) is 84.3 cm³/mol. The standard InChI is InChI=1S/C16H26N4O2/c1-16(2,3)22-15(21)20-8-5-13(6-9-20)10-18-11-14-4-7-17-12-19-14/h4,7,12-13,18H,5-6,8-11H2,1-3H3. The fraction of sp³-hybridized carbons (Fsp3) is 0.688. The van der Waals surface area contributed by atoms with Crippen molar-refractivity contribution in [2.45, 2.75) is 45.8 Å². The van der Waals surface area contributed by atoms with Crippen LogP contribution in [-0.2, 0) is 11.3 Å². The summed E-state index contributed by atoms with van der Waals surface area (Å²) in [7, 11) is 0. The van der Waals surface area contributed by atoms with E-state index >= 15 is 0 Å². The molecule has 0 unspecified atom stereocenters. The molecule has 122 valence electrons. The number of piperidine rings is 1. The quantitative estimate of drug-likeness (QED) is 0.924. The van der Waals surface area contributed by atoms with E-state index in [-0.39, 0.29) is 6.09 Å². The van der Waals surface area contributed by atoms with E-state index in [1.54, 1.807) is 12.5 Å². The number of nitrogens with one attached hydrogen (secondary N) is 1. The summed E-state index contributed by atoms with van der Waals surface area (Å²) < 4.78 is 5.41. The molecule has 1 aromatic rings. The monoisotopic (exact) mass is 306 g/mol. The first-order valence-electron chi connectivity index (χ1n) is 7.87. The highest BCUT2D eigenvalue weighted by Crippen LogP contribution is 2.19. The van der Waals surface area contributed by atoms with E-state index < -0.39 is 5.60 Å². The molecule has 0 aromatic carbocycles. The molecular formula is C16H26N4O2. The lowest BCUT2D eigenvalue weighted by Gasteiger charge is -2.33. The molecule has 6 nitrogen and oxygen atoms in total. The van der Waals surface area contributed by atoms with Gasteiger partial charge < -0.3 is 15.0 Å². The molecule has 0 radical (unpaired) electrons. The zero-order chi connectivity index (χ0) is 16.0. The summed E-state index contributed by atoms with van der Waals surface area (Å²) in [5, 5.41) is 3.43. The molecule has 0 aliphatic carbocycles. The van der Waals surface area contributed by atoms with Gasteiger partial charge in [0.25, 0.3) is 0 Å². The van der Waals surface area contributed by atoms with Crippen molar-refractivity contribution < 1.29 is 9.53 Å². The Morgan fingerprint density at radius 2 is 2.14 bits per heavy atom. The predicted octanol–water partition coefficient (Wildman–Crippen LogP) is 2.21. The topological polar surface area (TPSA) is 67.3 Å². The molecule has 22 heavy (non-hydrogen) atoms. The average Bonchev–Trinajstić information content (AvgIpc) is 2.47. The number of aromatic nitrogens is 2. The highest BCUT2D eigenvalue weighted by atomic mass is 16.6. The number of amides is 1. The number of carbonyl (C=O) groups is 1. The smallest absolute Gasteiger partial charge is 0.410 e. The van der Waals surface area contributed by atoms with Gasteiger partial charge in [0.05, 0.1) is 5.69 Å². The normalized spacial score (nSPS) is 16.6. The molecule has 2 rings (SSSR count). The maximum absolute atomic E-state index is 12.0. The zero-order valence-corrected chi connectivity index (χ0v) is 13.7. The summed E-state index contributed by atoms with van der Waals surface area (Å²) in [6.07, 6.45) is 5.14. The van der Waals surface area contributed by atoms with Crippen molar-refractivity contribution in [3.8, 4) is 0 Å². The lowest BCUT2D eigenvalue weighted by Crippen LogP contribution is -2.43. The molecule has 1 aliphatic heterocycles. The van der Waals surface area contributed by atoms with E-state index in [2.05, 4.69) is 15.3 Å². The summed E-state index contributed by atoms with van der Waals surface area (Å²) >= 11 is 0. The van der Waals surface area contributed by atoms with Gasteiger partial charge in [0.2, 0.25) is 0 Å². The van der Waals surface area contributed by atoms with Crippen LogP contribution in [0.2, 0.25) is 0 Å². The number of hydrogen-bond acceptors (Lipinski definition) is 5. The third kappa shape index (κ3) is 5.60. The Hall–Kier alpha value is -1.69. The summed E-state index contributed by atoms with van der Waals surface area (Å²) in [6.45, 7) is 8.95. The van der Waals surface area contributed by atoms with Gasteiger partial charge in [0.1, 0.15) is 11.9 Å². The molecule has 1 aliphatic rings. The van der Waals surface area contributed by atoms with Crippen molar-refractivity contribution in [3.63, 3.8) is 0 Å². The lowest BCUT2D eigenvalue weighted by molar-refractivity contribution is 0.0184. The highest BCUT2D eigenvalue weighted by molar-refractivity contribution is 5.68.